The second-order valence-electron chi connectivity index (χ2n) is 7.31. The molecular weight excluding hydrogens is 417 g/mol. The Morgan fingerprint density at radius 1 is 1.00 bits per heavy atom. The normalized spacial score (nSPS) is 18.9. The predicted molar refractivity (Wildman–Crippen MR) is 103 cm³/mol. The quantitative estimate of drug-likeness (QED) is 0.544. The van der Waals surface area contributed by atoms with Crippen LogP contribution in [0.3, 0.4) is 0 Å². The summed E-state index contributed by atoms with van der Waals surface area (Å²) in [5, 5.41) is 11.5. The smallest absolute Gasteiger partial charge is 0.545 e. The zero-order valence-corrected chi connectivity index (χ0v) is 16.3. The average molecular weight is 437 g/mol. The van der Waals surface area contributed by atoms with Crippen molar-refractivity contribution in [1.82, 2.24) is 0 Å². The first-order valence-corrected chi connectivity index (χ1v) is 9.50. The summed E-state index contributed by atoms with van der Waals surface area (Å²) in [5.41, 5.74) is 12.7. The van der Waals surface area contributed by atoms with Gasteiger partial charge in [0, 0.05) is 16.9 Å². The van der Waals surface area contributed by atoms with Crippen molar-refractivity contribution >= 4 is 23.3 Å². The van der Waals surface area contributed by atoms with E-state index < -0.39 is 30.2 Å². The second-order valence-corrected chi connectivity index (χ2v) is 7.31. The van der Waals surface area contributed by atoms with Gasteiger partial charge < -0.3 is 30.8 Å². The van der Waals surface area contributed by atoms with E-state index in [1.165, 1.54) is 24.3 Å². The van der Waals surface area contributed by atoms with E-state index in [9.17, 15) is 27.9 Å². The average Bonchev–Trinajstić information content (AvgIpc) is 2.67. The molecule has 0 unspecified atom stereocenters. The molecule has 10 heteroatoms. The molecule has 0 heterocycles. The summed E-state index contributed by atoms with van der Waals surface area (Å²) < 4.78 is 45.9. The second kappa shape index (κ2) is 8.75. The Morgan fingerprint density at radius 2 is 1.61 bits per heavy atom. The number of carboxylic acids is 1. The molecule has 0 amide bonds. The van der Waals surface area contributed by atoms with Crippen LogP contribution in [-0.4, -0.2) is 24.4 Å². The van der Waals surface area contributed by atoms with Gasteiger partial charge in [-0.25, -0.2) is 4.79 Å². The van der Waals surface area contributed by atoms with Crippen LogP contribution in [-0.2, 0) is 4.74 Å². The van der Waals surface area contributed by atoms with Crippen LogP contribution in [0.4, 0.5) is 24.5 Å². The molecule has 3 rings (SSSR count). The highest BCUT2D eigenvalue weighted by Gasteiger charge is 2.31. The molecule has 1 fully saturated rings. The lowest BCUT2D eigenvalue weighted by Crippen LogP contribution is -2.28. The molecule has 0 aromatic heterocycles. The van der Waals surface area contributed by atoms with Crippen molar-refractivity contribution < 1.29 is 37.3 Å². The van der Waals surface area contributed by atoms with E-state index in [0.717, 1.165) is 12.1 Å². The topological polar surface area (TPSA) is 128 Å². The lowest BCUT2D eigenvalue weighted by atomic mass is 9.80. The highest BCUT2D eigenvalue weighted by Crippen LogP contribution is 2.39. The van der Waals surface area contributed by atoms with Crippen molar-refractivity contribution in [2.24, 2.45) is 0 Å². The number of carbonyl (C=O) groups excluding carboxylic acids is 2. The number of nitrogens with two attached hydrogens (primary N) is 2. The Kier molecular flexibility index (Phi) is 6.28. The van der Waals surface area contributed by atoms with Crippen LogP contribution in [0.25, 0.3) is 0 Å². The van der Waals surface area contributed by atoms with Gasteiger partial charge in [-0.2, -0.15) is 0 Å². The molecule has 0 saturated heterocycles. The van der Waals surface area contributed by atoms with Gasteiger partial charge >= 0.3 is 12.3 Å². The molecule has 1 saturated carbocycles. The van der Waals surface area contributed by atoms with Gasteiger partial charge in [-0.05, 0) is 73.6 Å². The van der Waals surface area contributed by atoms with Crippen LogP contribution in [0.1, 0.15) is 57.9 Å². The Bertz CT molecular complexity index is 968. The fourth-order valence-corrected chi connectivity index (χ4v) is 3.80. The van der Waals surface area contributed by atoms with E-state index >= 15 is 0 Å². The molecule has 0 radical (unpaired) electrons. The molecular formula is C21H20F3N2O5-. The van der Waals surface area contributed by atoms with Crippen LogP contribution >= 0.6 is 0 Å². The van der Waals surface area contributed by atoms with Crippen molar-refractivity contribution in [3.63, 3.8) is 0 Å². The van der Waals surface area contributed by atoms with Crippen molar-refractivity contribution in [2.45, 2.75) is 44.1 Å². The summed E-state index contributed by atoms with van der Waals surface area (Å²) in [4.78, 5) is 23.8. The summed E-state index contributed by atoms with van der Waals surface area (Å²) in [6, 6.07) is 7.27. The van der Waals surface area contributed by atoms with E-state index in [-0.39, 0.29) is 28.4 Å². The largest absolute Gasteiger partial charge is 0.573 e. The molecule has 0 atom stereocenters. The first-order valence-electron chi connectivity index (χ1n) is 9.50. The zero-order chi connectivity index (χ0) is 22.8. The maximum Gasteiger partial charge on any atom is 0.573 e. The van der Waals surface area contributed by atoms with Gasteiger partial charge in [-0.3, -0.25) is 0 Å². The van der Waals surface area contributed by atoms with Gasteiger partial charge in [-0.1, -0.05) is 0 Å². The highest BCUT2D eigenvalue weighted by molar-refractivity contribution is 5.91. The molecule has 31 heavy (non-hydrogen) atoms. The number of hydrogen-bond donors (Lipinski definition) is 2. The van der Waals surface area contributed by atoms with Crippen molar-refractivity contribution in [2.75, 3.05) is 11.5 Å². The fraction of sp³-hybridized carbons (Fsp3) is 0.333. The summed E-state index contributed by atoms with van der Waals surface area (Å²) in [7, 11) is 0. The number of hydrogen-bond acceptors (Lipinski definition) is 7. The standard InChI is InChI=1S/C21H21F3N2O5/c22-21(23,24)31-15-7-3-12(4-8-15)20(29)30-14-5-1-11(2-6-14)18-16(19(27)28)9-13(25)10-17(18)26/h3-4,7-11,14H,1-2,5-6,25-26H2,(H,27,28)/p-1. The van der Waals surface area contributed by atoms with E-state index in [0.29, 0.717) is 31.2 Å². The summed E-state index contributed by atoms with van der Waals surface area (Å²) in [5.74, 6) is -2.61. The molecule has 1 aliphatic carbocycles. The minimum absolute atomic E-state index is 0.0425. The number of carbonyl (C=O) groups is 2. The van der Waals surface area contributed by atoms with Gasteiger partial charge in [0.15, 0.2) is 0 Å². The number of nitrogen functional groups attached to an aromatic ring is 2. The van der Waals surface area contributed by atoms with E-state index in [2.05, 4.69) is 4.74 Å². The number of halogens is 3. The number of carboxylic acid groups (broad SMARTS) is 1. The number of ether oxygens (including phenoxy) is 2. The van der Waals surface area contributed by atoms with Crippen molar-refractivity contribution in [3.8, 4) is 5.75 Å². The van der Waals surface area contributed by atoms with Crippen LogP contribution in [0.2, 0.25) is 0 Å². The van der Waals surface area contributed by atoms with Gasteiger partial charge in [0.1, 0.15) is 11.9 Å². The zero-order valence-electron chi connectivity index (χ0n) is 16.3. The van der Waals surface area contributed by atoms with Gasteiger partial charge in [0.05, 0.1) is 11.5 Å². The molecule has 0 aliphatic heterocycles. The Hall–Kier alpha value is -3.43. The number of rotatable bonds is 5. The van der Waals surface area contributed by atoms with Crippen molar-refractivity contribution in [1.29, 1.82) is 0 Å². The Labute approximate surface area is 175 Å². The number of alkyl halides is 3. The molecule has 7 nitrogen and oxygen atoms in total. The van der Waals surface area contributed by atoms with E-state index in [4.69, 9.17) is 16.2 Å². The molecule has 1 aliphatic rings. The molecule has 166 valence electrons. The predicted octanol–water partition coefficient (Wildman–Crippen LogP) is 3.00. The lowest BCUT2D eigenvalue weighted by molar-refractivity contribution is -0.274. The highest BCUT2D eigenvalue weighted by atomic mass is 19.4. The first-order chi connectivity index (χ1) is 14.5. The summed E-state index contributed by atoms with van der Waals surface area (Å²) in [6.07, 6.45) is -3.21. The maximum absolute atomic E-state index is 12.3. The third-order valence-corrected chi connectivity index (χ3v) is 5.13. The molecule has 2 aromatic carbocycles. The minimum Gasteiger partial charge on any atom is -0.545 e. The number of esters is 1. The van der Waals surface area contributed by atoms with Crippen LogP contribution < -0.4 is 21.3 Å². The summed E-state index contributed by atoms with van der Waals surface area (Å²) in [6.45, 7) is 0. The number of aromatic carboxylic acids is 1. The lowest BCUT2D eigenvalue weighted by Gasteiger charge is -2.31. The van der Waals surface area contributed by atoms with Crippen LogP contribution in [0.15, 0.2) is 36.4 Å². The van der Waals surface area contributed by atoms with E-state index in [1.807, 2.05) is 0 Å². The Morgan fingerprint density at radius 3 is 2.16 bits per heavy atom. The van der Waals surface area contributed by atoms with E-state index in [1.54, 1.807) is 0 Å². The monoisotopic (exact) mass is 437 g/mol. The fourth-order valence-electron chi connectivity index (χ4n) is 3.80. The van der Waals surface area contributed by atoms with Crippen LogP contribution in [0, 0.1) is 0 Å². The van der Waals surface area contributed by atoms with Crippen LogP contribution in [0.5, 0.6) is 5.75 Å². The molecule has 0 spiro atoms. The van der Waals surface area contributed by atoms with Gasteiger partial charge in [0.2, 0.25) is 0 Å². The minimum atomic E-state index is -4.81. The van der Waals surface area contributed by atoms with Crippen molar-refractivity contribution in [3.05, 3.63) is 53.1 Å². The molecule has 2 aromatic rings. The van der Waals surface area contributed by atoms with Gasteiger partial charge in [0.25, 0.3) is 0 Å². The maximum atomic E-state index is 12.3. The first kappa shape index (κ1) is 22.3. The number of benzene rings is 2. The SMILES string of the molecule is Nc1cc(N)c(C2CCC(OC(=O)c3ccc(OC(F)(F)F)cc3)CC2)c(C(=O)[O-])c1. The number of anilines is 2. The molecule has 0 bridgehead atoms. The third kappa shape index (κ3) is 5.59. The summed E-state index contributed by atoms with van der Waals surface area (Å²) >= 11 is 0. The molecule has 4 N–H and O–H groups in total. The third-order valence-electron chi connectivity index (χ3n) is 5.13. The van der Waals surface area contributed by atoms with Gasteiger partial charge in [-0.15, -0.1) is 13.2 Å². The Balaban J connectivity index is 1.61.